The van der Waals surface area contributed by atoms with Gasteiger partial charge in [0.05, 0.1) is 16.9 Å². The highest BCUT2D eigenvalue weighted by molar-refractivity contribution is 7.89. The van der Waals surface area contributed by atoms with Gasteiger partial charge in [0.15, 0.2) is 5.78 Å². The summed E-state index contributed by atoms with van der Waals surface area (Å²) in [5.41, 5.74) is -1.47. The Bertz CT molecular complexity index is 650. The largest absolute Gasteiger partial charge is 0.481 e. The van der Waals surface area contributed by atoms with E-state index in [0.717, 1.165) is 0 Å². The summed E-state index contributed by atoms with van der Waals surface area (Å²) in [7, 11) is -3.94. The molecule has 1 unspecified atom stereocenters. The summed E-state index contributed by atoms with van der Waals surface area (Å²) < 4.78 is 26.3. The minimum absolute atomic E-state index is 0.124. The highest BCUT2D eigenvalue weighted by Gasteiger charge is 2.27. The number of carbonyl (C=O) groups excluding carboxylic acids is 1. The van der Waals surface area contributed by atoms with Crippen LogP contribution in [-0.4, -0.2) is 42.5 Å². The van der Waals surface area contributed by atoms with Crippen molar-refractivity contribution < 1.29 is 28.2 Å². The van der Waals surface area contributed by atoms with Gasteiger partial charge in [0.2, 0.25) is 10.0 Å². The normalized spacial score (nSPS) is 14.4. The van der Waals surface area contributed by atoms with Gasteiger partial charge < -0.3 is 10.2 Å². The standard InChI is InChI=1S/C13H17NO6S/c1-9(15)10-4-3-5-11(6-10)21(19,20)14-8-13(2,18)7-12(16)17/h3-6,14,18H,7-8H2,1-2H3,(H,16,17). The first kappa shape index (κ1) is 17.3. The van der Waals surface area contributed by atoms with Crippen LogP contribution in [0.3, 0.4) is 0 Å². The van der Waals surface area contributed by atoms with E-state index in [1.165, 1.54) is 38.1 Å². The first-order valence-corrected chi connectivity index (χ1v) is 7.57. The first-order valence-electron chi connectivity index (χ1n) is 6.08. The lowest BCUT2D eigenvalue weighted by Crippen LogP contribution is -2.42. The van der Waals surface area contributed by atoms with Crippen molar-refractivity contribution in [2.24, 2.45) is 0 Å². The fraction of sp³-hybridized carbons (Fsp3) is 0.385. The van der Waals surface area contributed by atoms with Crippen molar-refractivity contribution in [2.75, 3.05) is 6.54 Å². The van der Waals surface area contributed by atoms with Crippen molar-refractivity contribution in [1.82, 2.24) is 4.72 Å². The maximum absolute atomic E-state index is 12.1. The molecule has 0 aliphatic carbocycles. The van der Waals surface area contributed by atoms with E-state index in [0.29, 0.717) is 0 Å². The number of aliphatic carboxylic acids is 1. The third kappa shape index (κ3) is 5.25. The topological polar surface area (TPSA) is 121 Å². The van der Waals surface area contributed by atoms with Gasteiger partial charge in [-0.25, -0.2) is 13.1 Å². The molecule has 0 amide bonds. The van der Waals surface area contributed by atoms with Crippen LogP contribution >= 0.6 is 0 Å². The van der Waals surface area contributed by atoms with Crippen LogP contribution in [0.4, 0.5) is 0 Å². The summed E-state index contributed by atoms with van der Waals surface area (Å²) in [6.07, 6.45) is -0.594. The van der Waals surface area contributed by atoms with Gasteiger partial charge in [-0.3, -0.25) is 9.59 Å². The maximum Gasteiger partial charge on any atom is 0.306 e. The summed E-state index contributed by atoms with van der Waals surface area (Å²) >= 11 is 0. The Morgan fingerprint density at radius 1 is 1.33 bits per heavy atom. The fourth-order valence-electron chi connectivity index (χ4n) is 1.60. The lowest BCUT2D eigenvalue weighted by Gasteiger charge is -2.21. The summed E-state index contributed by atoms with van der Waals surface area (Å²) in [5, 5.41) is 18.4. The first-order chi connectivity index (χ1) is 9.53. The van der Waals surface area contributed by atoms with Gasteiger partial charge in [0.1, 0.15) is 0 Å². The molecule has 1 aromatic rings. The number of aliphatic hydroxyl groups is 1. The SMILES string of the molecule is CC(=O)c1cccc(S(=O)(=O)NCC(C)(O)CC(=O)O)c1. The highest BCUT2D eigenvalue weighted by Crippen LogP contribution is 2.14. The number of carboxylic acids is 1. The minimum atomic E-state index is -3.94. The molecule has 8 heteroatoms. The number of Topliss-reactive ketones (excluding diaryl/α,β-unsaturated/α-hetero) is 1. The number of benzene rings is 1. The molecule has 1 atom stereocenters. The minimum Gasteiger partial charge on any atom is -0.481 e. The second-order valence-electron chi connectivity index (χ2n) is 4.98. The Balaban J connectivity index is 2.90. The lowest BCUT2D eigenvalue weighted by atomic mass is 10.0. The number of carboxylic acid groups (broad SMARTS) is 1. The summed E-state index contributed by atoms with van der Waals surface area (Å²) in [6, 6.07) is 5.44. The summed E-state index contributed by atoms with van der Waals surface area (Å²) in [6.45, 7) is 2.08. The molecule has 0 fully saturated rings. The third-order valence-corrected chi connectivity index (χ3v) is 4.12. The van der Waals surface area contributed by atoms with E-state index in [-0.39, 0.29) is 16.2 Å². The second-order valence-corrected chi connectivity index (χ2v) is 6.74. The Hall–Kier alpha value is -1.77. The molecule has 0 aliphatic heterocycles. The van der Waals surface area contributed by atoms with Gasteiger partial charge in [-0.05, 0) is 26.0 Å². The zero-order valence-corrected chi connectivity index (χ0v) is 12.5. The molecule has 0 bridgehead atoms. The van der Waals surface area contributed by atoms with Gasteiger partial charge in [0.25, 0.3) is 0 Å². The van der Waals surface area contributed by atoms with Crippen LogP contribution < -0.4 is 4.72 Å². The average Bonchev–Trinajstić information content (AvgIpc) is 2.35. The molecule has 1 rings (SSSR count). The molecule has 3 N–H and O–H groups in total. The lowest BCUT2D eigenvalue weighted by molar-refractivity contribution is -0.141. The van der Waals surface area contributed by atoms with Gasteiger partial charge in [-0.15, -0.1) is 0 Å². The number of hydrogen-bond donors (Lipinski definition) is 3. The molecule has 1 aromatic carbocycles. The number of hydrogen-bond acceptors (Lipinski definition) is 5. The van der Waals surface area contributed by atoms with Gasteiger partial charge in [-0.2, -0.15) is 0 Å². The molecule has 116 valence electrons. The molecule has 0 radical (unpaired) electrons. The quantitative estimate of drug-likeness (QED) is 0.626. The van der Waals surface area contributed by atoms with Crippen LogP contribution in [-0.2, 0) is 14.8 Å². The van der Waals surface area contributed by atoms with Gasteiger partial charge in [-0.1, -0.05) is 12.1 Å². The molecule has 7 nitrogen and oxygen atoms in total. The van der Waals surface area contributed by atoms with Gasteiger partial charge >= 0.3 is 5.97 Å². The number of sulfonamides is 1. The van der Waals surface area contributed by atoms with E-state index in [1.807, 2.05) is 0 Å². The summed E-state index contributed by atoms with van der Waals surface area (Å²) in [4.78, 5) is 21.7. The second kappa shape index (κ2) is 6.33. The van der Waals surface area contributed by atoms with Crippen LogP contribution in [0.5, 0.6) is 0 Å². The Morgan fingerprint density at radius 2 is 1.95 bits per heavy atom. The van der Waals surface area contributed by atoms with Crippen molar-refractivity contribution in [3.05, 3.63) is 29.8 Å². The fourth-order valence-corrected chi connectivity index (χ4v) is 2.81. The van der Waals surface area contributed by atoms with E-state index in [4.69, 9.17) is 5.11 Å². The Kier molecular flexibility index (Phi) is 5.21. The molecule has 0 heterocycles. The van der Waals surface area contributed by atoms with Crippen molar-refractivity contribution in [3.8, 4) is 0 Å². The smallest absolute Gasteiger partial charge is 0.306 e. The Morgan fingerprint density at radius 3 is 2.48 bits per heavy atom. The third-order valence-electron chi connectivity index (χ3n) is 2.73. The number of rotatable bonds is 7. The number of nitrogens with one attached hydrogen (secondary N) is 1. The van der Waals surface area contributed by atoms with Crippen LogP contribution in [0.1, 0.15) is 30.6 Å². The van der Waals surface area contributed by atoms with Crippen LogP contribution in [0.15, 0.2) is 29.2 Å². The van der Waals surface area contributed by atoms with Gasteiger partial charge in [0, 0.05) is 12.1 Å². The highest BCUT2D eigenvalue weighted by atomic mass is 32.2. The zero-order valence-electron chi connectivity index (χ0n) is 11.7. The maximum atomic E-state index is 12.1. The van der Waals surface area contributed by atoms with E-state index in [9.17, 15) is 23.1 Å². The average molecular weight is 315 g/mol. The van der Waals surface area contributed by atoms with E-state index in [1.54, 1.807) is 0 Å². The zero-order chi connectivity index (χ0) is 16.3. The molecule has 0 saturated heterocycles. The monoisotopic (exact) mass is 315 g/mol. The van der Waals surface area contributed by atoms with Crippen molar-refractivity contribution in [1.29, 1.82) is 0 Å². The van der Waals surface area contributed by atoms with Crippen LogP contribution in [0, 0.1) is 0 Å². The van der Waals surface area contributed by atoms with Crippen molar-refractivity contribution in [3.63, 3.8) is 0 Å². The van der Waals surface area contributed by atoms with E-state index >= 15 is 0 Å². The summed E-state index contributed by atoms with van der Waals surface area (Å²) in [5.74, 6) is -1.51. The Labute approximate surface area is 122 Å². The molecule has 0 saturated carbocycles. The molecule has 0 aliphatic rings. The predicted molar refractivity (Wildman–Crippen MR) is 74.5 cm³/mol. The molecular weight excluding hydrogens is 298 g/mol. The van der Waals surface area contributed by atoms with Crippen LogP contribution in [0.2, 0.25) is 0 Å². The molecule has 0 aromatic heterocycles. The van der Waals surface area contributed by atoms with E-state index in [2.05, 4.69) is 4.72 Å². The molecular formula is C13H17NO6S. The van der Waals surface area contributed by atoms with Crippen LogP contribution in [0.25, 0.3) is 0 Å². The van der Waals surface area contributed by atoms with Crippen molar-refractivity contribution >= 4 is 21.8 Å². The molecule has 0 spiro atoms. The van der Waals surface area contributed by atoms with E-state index < -0.39 is 34.6 Å². The predicted octanol–water partition coefficient (Wildman–Crippen LogP) is 0.393. The number of ketones is 1. The number of carbonyl (C=O) groups is 2. The van der Waals surface area contributed by atoms with Crippen molar-refractivity contribution in [2.45, 2.75) is 30.8 Å². The molecule has 21 heavy (non-hydrogen) atoms.